The van der Waals surface area contributed by atoms with Crippen LogP contribution in [0.3, 0.4) is 0 Å². The molecule has 1 aromatic rings. The van der Waals surface area contributed by atoms with E-state index in [1.54, 1.807) is 0 Å². The highest BCUT2D eigenvalue weighted by atomic mass is 19.4. The maximum Gasteiger partial charge on any atom is 0.451 e. The second-order valence-corrected chi connectivity index (χ2v) is 2.98. The minimum atomic E-state index is -4.73. The van der Waals surface area contributed by atoms with Crippen molar-refractivity contribution in [3.8, 4) is 0 Å². The lowest BCUT2D eigenvalue weighted by Gasteiger charge is -2.11. The topological polar surface area (TPSA) is 49.8 Å². The first kappa shape index (κ1) is 13.4. The van der Waals surface area contributed by atoms with Crippen LogP contribution in [-0.4, -0.2) is 30.0 Å². The molecule has 1 aromatic heterocycles. The van der Waals surface area contributed by atoms with E-state index < -0.39 is 25.0 Å². The first-order valence-electron chi connectivity index (χ1n) is 4.49. The first-order chi connectivity index (χ1) is 7.82. The number of nitrogens with one attached hydrogen (secondary N) is 2. The van der Waals surface area contributed by atoms with Crippen LogP contribution >= 0.6 is 0 Å². The van der Waals surface area contributed by atoms with Gasteiger partial charge in [-0.2, -0.15) is 13.2 Å². The number of aromatic nitrogens is 2. The predicted molar refractivity (Wildman–Crippen MR) is 51.1 cm³/mol. The lowest BCUT2D eigenvalue weighted by atomic mass is 10.4. The molecule has 0 aliphatic heterocycles. The lowest BCUT2D eigenvalue weighted by Crippen LogP contribution is -2.16. The highest BCUT2D eigenvalue weighted by Gasteiger charge is 2.35. The second-order valence-electron chi connectivity index (χ2n) is 2.98. The molecule has 4 nitrogen and oxygen atoms in total. The monoisotopic (exact) mass is 256 g/mol. The van der Waals surface area contributed by atoms with E-state index in [1.165, 1.54) is 7.05 Å². The number of nitrogens with zero attached hydrogens (tertiary/aromatic N) is 2. The van der Waals surface area contributed by atoms with Crippen molar-refractivity contribution in [1.82, 2.24) is 9.97 Å². The van der Waals surface area contributed by atoms with Gasteiger partial charge in [-0.05, 0) is 0 Å². The molecule has 2 N–H and O–H groups in total. The van der Waals surface area contributed by atoms with Gasteiger partial charge in [0.05, 0.1) is 6.54 Å². The van der Waals surface area contributed by atoms with Crippen LogP contribution in [0.5, 0.6) is 0 Å². The molecule has 0 radical (unpaired) electrons. The first-order valence-corrected chi connectivity index (χ1v) is 4.49. The summed E-state index contributed by atoms with van der Waals surface area (Å²) in [4.78, 5) is 6.28. The maximum absolute atomic E-state index is 12.4. The van der Waals surface area contributed by atoms with E-state index in [4.69, 9.17) is 0 Å². The van der Waals surface area contributed by atoms with Gasteiger partial charge in [-0.3, -0.25) is 0 Å². The van der Waals surface area contributed by atoms with Gasteiger partial charge in [-0.25, -0.2) is 18.7 Å². The minimum Gasteiger partial charge on any atom is -0.373 e. The maximum atomic E-state index is 12.4. The van der Waals surface area contributed by atoms with Crippen LogP contribution in [0.15, 0.2) is 6.07 Å². The van der Waals surface area contributed by atoms with Crippen LogP contribution < -0.4 is 10.6 Å². The molecule has 0 aliphatic carbocycles. The van der Waals surface area contributed by atoms with Crippen molar-refractivity contribution in [3.63, 3.8) is 0 Å². The van der Waals surface area contributed by atoms with E-state index in [2.05, 4.69) is 20.6 Å². The molecule has 0 bridgehead atoms. The largest absolute Gasteiger partial charge is 0.451 e. The summed E-state index contributed by atoms with van der Waals surface area (Å²) in [6.45, 7) is -0.780. The third-order valence-corrected chi connectivity index (χ3v) is 1.67. The third kappa shape index (κ3) is 4.00. The molecule has 1 rings (SSSR count). The normalized spacial score (nSPS) is 11.7. The Kier molecular flexibility index (Phi) is 4.02. The van der Waals surface area contributed by atoms with Crippen LogP contribution in [0.1, 0.15) is 5.82 Å². The minimum absolute atomic E-state index is 0.107. The summed E-state index contributed by atoms with van der Waals surface area (Å²) in [5.74, 6) is -1.80. The summed E-state index contributed by atoms with van der Waals surface area (Å²) in [7, 11) is 1.36. The molecule has 96 valence electrons. The van der Waals surface area contributed by atoms with Crippen LogP contribution in [0.2, 0.25) is 0 Å². The molecule has 9 heteroatoms. The van der Waals surface area contributed by atoms with Gasteiger partial charge >= 0.3 is 6.18 Å². The SMILES string of the molecule is CNc1cc(NCC(F)F)nc(C(F)(F)F)n1. The van der Waals surface area contributed by atoms with E-state index in [9.17, 15) is 22.0 Å². The summed E-state index contributed by atoms with van der Waals surface area (Å²) in [6.07, 6.45) is -7.41. The highest BCUT2D eigenvalue weighted by molar-refractivity contribution is 5.47. The summed E-state index contributed by atoms with van der Waals surface area (Å²) < 4.78 is 60.9. The summed E-state index contributed by atoms with van der Waals surface area (Å²) in [6, 6.07) is 1.11. The zero-order valence-corrected chi connectivity index (χ0v) is 8.65. The summed E-state index contributed by atoms with van der Waals surface area (Å²) >= 11 is 0. The molecular weight excluding hydrogens is 247 g/mol. The Morgan fingerprint density at radius 1 is 1.24 bits per heavy atom. The summed E-state index contributed by atoms with van der Waals surface area (Å²) in [5, 5.41) is 4.48. The number of anilines is 2. The Balaban J connectivity index is 2.97. The third-order valence-electron chi connectivity index (χ3n) is 1.67. The zero-order valence-electron chi connectivity index (χ0n) is 8.65. The zero-order chi connectivity index (χ0) is 13.1. The number of alkyl halides is 5. The Hall–Kier alpha value is -1.67. The standard InChI is InChI=1S/C8H9F5N4/c1-14-5-2-6(15-3-4(9)10)17-7(16-5)8(11,12)13/h2,4H,3H2,1H3,(H2,14,15,16,17). The van der Waals surface area contributed by atoms with Crippen molar-refractivity contribution < 1.29 is 22.0 Å². The fourth-order valence-electron chi connectivity index (χ4n) is 0.974. The van der Waals surface area contributed by atoms with Gasteiger partial charge in [0.25, 0.3) is 6.43 Å². The van der Waals surface area contributed by atoms with Crippen molar-refractivity contribution in [3.05, 3.63) is 11.9 Å². The molecule has 0 saturated carbocycles. The number of halogens is 5. The Morgan fingerprint density at radius 3 is 2.29 bits per heavy atom. The van der Waals surface area contributed by atoms with Crippen LogP contribution in [0, 0.1) is 0 Å². The number of hydrogen-bond acceptors (Lipinski definition) is 4. The average Bonchev–Trinajstić information content (AvgIpc) is 2.24. The lowest BCUT2D eigenvalue weighted by molar-refractivity contribution is -0.144. The van der Waals surface area contributed by atoms with Gasteiger partial charge in [-0.15, -0.1) is 0 Å². The van der Waals surface area contributed by atoms with Gasteiger partial charge in [-0.1, -0.05) is 0 Å². The molecule has 17 heavy (non-hydrogen) atoms. The smallest absolute Gasteiger partial charge is 0.373 e. The van der Waals surface area contributed by atoms with E-state index in [1.807, 2.05) is 0 Å². The molecule has 0 atom stereocenters. The molecule has 0 saturated heterocycles. The molecule has 0 amide bonds. The molecule has 0 aliphatic rings. The van der Waals surface area contributed by atoms with Crippen LogP contribution in [0.4, 0.5) is 33.6 Å². The fourth-order valence-corrected chi connectivity index (χ4v) is 0.974. The van der Waals surface area contributed by atoms with Gasteiger partial charge < -0.3 is 10.6 Å². The highest BCUT2D eigenvalue weighted by Crippen LogP contribution is 2.28. The molecule has 0 aromatic carbocycles. The second kappa shape index (κ2) is 5.11. The van der Waals surface area contributed by atoms with Crippen LogP contribution in [-0.2, 0) is 6.18 Å². The van der Waals surface area contributed by atoms with E-state index >= 15 is 0 Å². The van der Waals surface area contributed by atoms with Crippen molar-refractivity contribution in [2.75, 3.05) is 24.2 Å². The molecule has 0 spiro atoms. The van der Waals surface area contributed by atoms with Crippen molar-refractivity contribution in [1.29, 1.82) is 0 Å². The van der Waals surface area contributed by atoms with Crippen molar-refractivity contribution in [2.45, 2.75) is 12.6 Å². The van der Waals surface area contributed by atoms with Gasteiger partial charge in [0.1, 0.15) is 11.6 Å². The van der Waals surface area contributed by atoms with E-state index in [0.29, 0.717) is 0 Å². The molecule has 0 unspecified atom stereocenters. The average molecular weight is 256 g/mol. The predicted octanol–water partition coefficient (Wildman–Crippen LogP) is 2.21. The molecular formula is C8H9F5N4. The quantitative estimate of drug-likeness (QED) is 0.811. The van der Waals surface area contributed by atoms with Gasteiger partial charge in [0, 0.05) is 13.1 Å². The Morgan fingerprint density at radius 2 is 1.82 bits per heavy atom. The van der Waals surface area contributed by atoms with Gasteiger partial charge in [0.2, 0.25) is 5.82 Å². The van der Waals surface area contributed by atoms with Gasteiger partial charge in [0.15, 0.2) is 0 Å². The Labute approximate surface area is 93.3 Å². The van der Waals surface area contributed by atoms with E-state index in [-0.39, 0.29) is 11.6 Å². The summed E-state index contributed by atoms with van der Waals surface area (Å²) in [5.41, 5.74) is 0. The van der Waals surface area contributed by atoms with Crippen LogP contribution in [0.25, 0.3) is 0 Å². The van der Waals surface area contributed by atoms with Crippen molar-refractivity contribution in [2.24, 2.45) is 0 Å². The van der Waals surface area contributed by atoms with Crippen molar-refractivity contribution >= 4 is 11.6 Å². The fraction of sp³-hybridized carbons (Fsp3) is 0.500. The molecule has 1 heterocycles. The van der Waals surface area contributed by atoms with E-state index in [0.717, 1.165) is 6.07 Å². The Bertz CT molecular complexity index is 379. The molecule has 0 fully saturated rings. The number of hydrogen-bond donors (Lipinski definition) is 2. The number of rotatable bonds is 4.